The van der Waals surface area contributed by atoms with Crippen LogP contribution < -0.4 is 5.32 Å². The minimum absolute atomic E-state index is 0.252. The Morgan fingerprint density at radius 3 is 3.25 bits per heavy atom. The SMILES string of the molecule is CCC1C=CC2=NC(=O)NC2=C1. The highest BCUT2D eigenvalue weighted by Gasteiger charge is 2.20. The van der Waals surface area contributed by atoms with Gasteiger partial charge in [0.25, 0.3) is 0 Å². The van der Waals surface area contributed by atoms with Gasteiger partial charge in [-0.1, -0.05) is 19.1 Å². The fourth-order valence-electron chi connectivity index (χ4n) is 1.37. The molecule has 1 aliphatic carbocycles. The molecule has 3 heteroatoms. The molecule has 0 spiro atoms. The molecule has 2 aliphatic rings. The molecule has 62 valence electrons. The normalized spacial score (nSPS) is 26.1. The molecule has 0 saturated heterocycles. The lowest BCUT2D eigenvalue weighted by Crippen LogP contribution is -2.17. The summed E-state index contributed by atoms with van der Waals surface area (Å²) in [6.45, 7) is 2.12. The summed E-state index contributed by atoms with van der Waals surface area (Å²) in [5.41, 5.74) is 1.64. The summed E-state index contributed by atoms with van der Waals surface area (Å²) < 4.78 is 0. The minimum Gasteiger partial charge on any atom is -0.304 e. The Balaban J connectivity index is 2.29. The molecule has 2 amide bonds. The van der Waals surface area contributed by atoms with Gasteiger partial charge in [-0.2, -0.15) is 4.99 Å². The number of nitrogens with one attached hydrogen (secondary N) is 1. The highest BCUT2D eigenvalue weighted by Crippen LogP contribution is 2.18. The Morgan fingerprint density at radius 2 is 2.50 bits per heavy atom. The van der Waals surface area contributed by atoms with Crippen molar-refractivity contribution < 1.29 is 4.79 Å². The summed E-state index contributed by atoms with van der Waals surface area (Å²) in [6, 6.07) is -0.252. The van der Waals surface area contributed by atoms with Crippen molar-refractivity contribution in [2.75, 3.05) is 0 Å². The average molecular weight is 162 g/mol. The Bertz CT molecular complexity index is 312. The number of carbonyl (C=O) groups is 1. The Kier molecular flexibility index (Phi) is 1.57. The largest absolute Gasteiger partial charge is 0.346 e. The Morgan fingerprint density at radius 1 is 1.67 bits per heavy atom. The first-order chi connectivity index (χ1) is 5.79. The molecule has 1 unspecified atom stereocenters. The first-order valence-corrected chi connectivity index (χ1v) is 4.09. The van der Waals surface area contributed by atoms with E-state index in [1.807, 2.05) is 12.2 Å². The van der Waals surface area contributed by atoms with Crippen molar-refractivity contribution in [3.8, 4) is 0 Å². The fourth-order valence-corrected chi connectivity index (χ4v) is 1.37. The van der Waals surface area contributed by atoms with Gasteiger partial charge in [0, 0.05) is 0 Å². The van der Waals surface area contributed by atoms with Crippen LogP contribution in [0.2, 0.25) is 0 Å². The van der Waals surface area contributed by atoms with Crippen LogP contribution in [0.1, 0.15) is 13.3 Å². The lowest BCUT2D eigenvalue weighted by Gasteiger charge is -2.10. The van der Waals surface area contributed by atoms with Gasteiger partial charge in [-0.05, 0) is 18.4 Å². The predicted molar refractivity (Wildman–Crippen MR) is 47.0 cm³/mol. The maximum atomic E-state index is 10.8. The third-order valence-corrected chi connectivity index (χ3v) is 2.09. The van der Waals surface area contributed by atoms with Crippen LogP contribution in [0.5, 0.6) is 0 Å². The van der Waals surface area contributed by atoms with Gasteiger partial charge < -0.3 is 5.32 Å². The number of allylic oxidation sites excluding steroid dienone is 3. The second kappa shape index (κ2) is 2.59. The zero-order valence-electron chi connectivity index (χ0n) is 6.87. The first-order valence-electron chi connectivity index (χ1n) is 4.09. The number of amides is 2. The van der Waals surface area contributed by atoms with E-state index < -0.39 is 0 Å². The van der Waals surface area contributed by atoms with E-state index in [2.05, 4.69) is 23.3 Å². The summed E-state index contributed by atoms with van der Waals surface area (Å²) in [4.78, 5) is 14.6. The summed E-state index contributed by atoms with van der Waals surface area (Å²) in [6.07, 6.45) is 7.08. The monoisotopic (exact) mass is 162 g/mol. The van der Waals surface area contributed by atoms with E-state index in [1.54, 1.807) is 0 Å². The molecule has 1 aliphatic heterocycles. The first kappa shape index (κ1) is 7.28. The van der Waals surface area contributed by atoms with Crippen molar-refractivity contribution >= 4 is 11.7 Å². The number of aliphatic imine (C=N–C) groups is 1. The number of urea groups is 1. The number of rotatable bonds is 1. The van der Waals surface area contributed by atoms with Gasteiger partial charge in [0.05, 0.1) is 11.4 Å². The number of nitrogens with zero attached hydrogens (tertiary/aromatic N) is 1. The van der Waals surface area contributed by atoms with Gasteiger partial charge in [0.15, 0.2) is 0 Å². The maximum Gasteiger partial charge on any atom is 0.346 e. The van der Waals surface area contributed by atoms with Crippen molar-refractivity contribution in [3.05, 3.63) is 23.9 Å². The Labute approximate surface area is 70.9 Å². The van der Waals surface area contributed by atoms with Crippen LogP contribution in [0.4, 0.5) is 4.79 Å². The van der Waals surface area contributed by atoms with Crippen molar-refractivity contribution in [1.29, 1.82) is 0 Å². The standard InChI is InChI=1S/C9H10N2O/c1-2-6-3-4-7-8(5-6)11-9(12)10-7/h3-6H,2H2,1H3,(H,11,12). The molecule has 1 heterocycles. The molecular formula is C9H10N2O. The minimum atomic E-state index is -0.252. The van der Waals surface area contributed by atoms with Gasteiger partial charge in [0.2, 0.25) is 0 Å². The smallest absolute Gasteiger partial charge is 0.304 e. The molecule has 2 rings (SSSR count). The molecule has 0 saturated carbocycles. The molecule has 12 heavy (non-hydrogen) atoms. The van der Waals surface area contributed by atoms with Crippen molar-refractivity contribution in [2.24, 2.45) is 10.9 Å². The molecular weight excluding hydrogens is 152 g/mol. The summed E-state index contributed by atoms with van der Waals surface area (Å²) in [5, 5.41) is 2.69. The van der Waals surface area contributed by atoms with E-state index in [1.165, 1.54) is 0 Å². The third-order valence-electron chi connectivity index (χ3n) is 2.09. The van der Waals surface area contributed by atoms with Crippen LogP contribution in [0.15, 0.2) is 28.9 Å². The van der Waals surface area contributed by atoms with Gasteiger partial charge in [-0.15, -0.1) is 0 Å². The number of carbonyl (C=O) groups excluding carboxylic acids is 1. The molecule has 0 fully saturated rings. The highest BCUT2D eigenvalue weighted by molar-refractivity contribution is 6.18. The maximum absolute atomic E-state index is 10.8. The quantitative estimate of drug-likeness (QED) is 0.625. The van der Waals surface area contributed by atoms with Crippen LogP contribution >= 0.6 is 0 Å². The van der Waals surface area contributed by atoms with E-state index in [9.17, 15) is 4.79 Å². The second-order valence-electron chi connectivity index (χ2n) is 2.94. The van der Waals surface area contributed by atoms with Gasteiger partial charge in [-0.3, -0.25) is 0 Å². The van der Waals surface area contributed by atoms with E-state index in [-0.39, 0.29) is 6.03 Å². The van der Waals surface area contributed by atoms with Crippen molar-refractivity contribution in [1.82, 2.24) is 5.32 Å². The van der Waals surface area contributed by atoms with Crippen molar-refractivity contribution in [3.63, 3.8) is 0 Å². The van der Waals surface area contributed by atoms with Crippen LogP contribution in [0.3, 0.4) is 0 Å². The van der Waals surface area contributed by atoms with Crippen LogP contribution in [-0.2, 0) is 0 Å². The number of fused-ring (bicyclic) bond motifs is 1. The fraction of sp³-hybridized carbons (Fsp3) is 0.333. The molecule has 0 aromatic carbocycles. The lowest BCUT2D eigenvalue weighted by molar-refractivity contribution is 0.253. The summed E-state index contributed by atoms with van der Waals surface area (Å²) in [5.74, 6) is 0.442. The summed E-state index contributed by atoms with van der Waals surface area (Å²) in [7, 11) is 0. The molecule has 1 N–H and O–H groups in total. The number of hydrogen-bond acceptors (Lipinski definition) is 1. The Hall–Kier alpha value is -1.38. The van der Waals surface area contributed by atoms with E-state index in [4.69, 9.17) is 0 Å². The molecule has 0 aromatic rings. The van der Waals surface area contributed by atoms with Gasteiger partial charge in [-0.25, -0.2) is 4.79 Å². The number of hydrogen-bond donors (Lipinski definition) is 1. The molecule has 1 atom stereocenters. The van der Waals surface area contributed by atoms with E-state index >= 15 is 0 Å². The second-order valence-corrected chi connectivity index (χ2v) is 2.94. The average Bonchev–Trinajstić information content (AvgIpc) is 2.43. The van der Waals surface area contributed by atoms with Crippen LogP contribution in [-0.4, -0.2) is 11.7 Å². The topological polar surface area (TPSA) is 41.5 Å². The molecule has 0 radical (unpaired) electrons. The van der Waals surface area contributed by atoms with E-state index in [0.717, 1.165) is 17.8 Å². The lowest BCUT2D eigenvalue weighted by atomic mass is 9.98. The van der Waals surface area contributed by atoms with Gasteiger partial charge >= 0.3 is 6.03 Å². The zero-order chi connectivity index (χ0) is 8.55. The third kappa shape index (κ3) is 1.07. The molecule has 3 nitrogen and oxygen atoms in total. The summed E-state index contributed by atoms with van der Waals surface area (Å²) >= 11 is 0. The van der Waals surface area contributed by atoms with Gasteiger partial charge in [0.1, 0.15) is 0 Å². The van der Waals surface area contributed by atoms with Crippen molar-refractivity contribution in [2.45, 2.75) is 13.3 Å². The highest BCUT2D eigenvalue weighted by atomic mass is 16.2. The molecule has 0 aromatic heterocycles. The van der Waals surface area contributed by atoms with Crippen LogP contribution in [0, 0.1) is 5.92 Å². The zero-order valence-corrected chi connectivity index (χ0v) is 6.87. The van der Waals surface area contributed by atoms with E-state index in [0.29, 0.717) is 5.92 Å². The molecule has 0 bridgehead atoms. The predicted octanol–water partition coefficient (Wildman–Crippen LogP) is 1.63. The van der Waals surface area contributed by atoms with Crippen LogP contribution in [0.25, 0.3) is 0 Å².